The van der Waals surface area contributed by atoms with E-state index in [2.05, 4.69) is 5.16 Å². The number of rotatable bonds is 7. The van der Waals surface area contributed by atoms with Gasteiger partial charge in [0.15, 0.2) is 0 Å². The Morgan fingerprint density at radius 2 is 1.66 bits per heavy atom. The van der Waals surface area contributed by atoms with E-state index < -0.39 is 5.82 Å². The zero-order valence-electron chi connectivity index (χ0n) is 17.9. The zero-order valence-corrected chi connectivity index (χ0v) is 17.9. The first kappa shape index (κ1) is 22.0. The van der Waals surface area contributed by atoms with E-state index in [1.54, 1.807) is 17.0 Å². The van der Waals surface area contributed by atoms with Crippen LogP contribution in [-0.4, -0.2) is 48.8 Å². The Kier molecular flexibility index (Phi) is 6.80. The molecule has 168 valence electrons. The van der Waals surface area contributed by atoms with Crippen LogP contribution in [0.25, 0.3) is 11.3 Å². The molecule has 1 aliphatic heterocycles. The van der Waals surface area contributed by atoms with Crippen LogP contribution < -0.4 is 4.90 Å². The molecule has 3 aromatic rings. The van der Waals surface area contributed by atoms with E-state index in [1.165, 1.54) is 36.4 Å². The van der Waals surface area contributed by atoms with Gasteiger partial charge < -0.3 is 19.1 Å². The number of amides is 1. The third kappa shape index (κ3) is 4.80. The Hall–Kier alpha value is -3.26. The maximum Gasteiger partial charge on any atom is 0.254 e. The maximum atomic E-state index is 13.5. The molecule has 0 N–H and O–H groups in total. The number of aromatic nitrogens is 1. The van der Waals surface area contributed by atoms with Crippen LogP contribution in [-0.2, 0) is 11.3 Å². The standard InChI is InChI=1S/C24H25F2N3O3/c1-2-11-29(23(30)18-5-9-20(26)10-6-18)16-21-22(17-3-7-19(25)8-4-17)27-32-24(21)28-12-14-31-15-13-28/h3-10H,2,11-16H2,1H3. The van der Waals surface area contributed by atoms with Gasteiger partial charge in [0.1, 0.15) is 17.3 Å². The molecule has 4 rings (SSSR count). The molecule has 1 amide bonds. The molecule has 0 aliphatic carbocycles. The molecule has 8 heteroatoms. The summed E-state index contributed by atoms with van der Waals surface area (Å²) in [6.45, 7) is 5.18. The second-order valence-electron chi connectivity index (χ2n) is 7.65. The molecule has 0 saturated carbocycles. The van der Waals surface area contributed by atoms with Crippen molar-refractivity contribution in [1.29, 1.82) is 0 Å². The summed E-state index contributed by atoms with van der Waals surface area (Å²) in [5.74, 6) is -0.353. The fourth-order valence-electron chi connectivity index (χ4n) is 3.78. The first-order chi connectivity index (χ1) is 15.6. The van der Waals surface area contributed by atoms with Crippen LogP contribution in [0.15, 0.2) is 53.1 Å². The summed E-state index contributed by atoms with van der Waals surface area (Å²) in [5.41, 5.74) is 2.44. The molecule has 1 saturated heterocycles. The number of anilines is 1. The van der Waals surface area contributed by atoms with E-state index in [4.69, 9.17) is 9.26 Å². The molecule has 32 heavy (non-hydrogen) atoms. The summed E-state index contributed by atoms with van der Waals surface area (Å²) in [6, 6.07) is 11.6. The summed E-state index contributed by atoms with van der Waals surface area (Å²) in [4.78, 5) is 17.0. The van der Waals surface area contributed by atoms with Gasteiger partial charge in [-0.25, -0.2) is 8.78 Å². The Labute approximate surface area is 185 Å². The lowest BCUT2D eigenvalue weighted by atomic mass is 10.1. The minimum absolute atomic E-state index is 0.203. The number of carbonyl (C=O) groups excluding carboxylic acids is 1. The van der Waals surface area contributed by atoms with Crippen LogP contribution in [0.4, 0.5) is 14.7 Å². The maximum absolute atomic E-state index is 13.5. The first-order valence-corrected chi connectivity index (χ1v) is 10.7. The van der Waals surface area contributed by atoms with Crippen LogP contribution in [0, 0.1) is 11.6 Å². The average molecular weight is 441 g/mol. The van der Waals surface area contributed by atoms with Gasteiger partial charge in [-0.3, -0.25) is 4.79 Å². The molecule has 1 fully saturated rings. The molecule has 1 aromatic heterocycles. The summed E-state index contributed by atoms with van der Waals surface area (Å²) in [6.07, 6.45) is 0.747. The van der Waals surface area contributed by atoms with E-state index in [1.807, 2.05) is 11.8 Å². The van der Waals surface area contributed by atoms with Crippen LogP contribution in [0.3, 0.4) is 0 Å². The monoisotopic (exact) mass is 441 g/mol. The zero-order chi connectivity index (χ0) is 22.5. The number of carbonyl (C=O) groups is 1. The summed E-state index contributed by atoms with van der Waals surface area (Å²) in [7, 11) is 0. The molecule has 1 aliphatic rings. The van der Waals surface area contributed by atoms with Crippen molar-refractivity contribution in [2.75, 3.05) is 37.7 Å². The van der Waals surface area contributed by atoms with Gasteiger partial charge in [-0.1, -0.05) is 12.1 Å². The largest absolute Gasteiger partial charge is 0.378 e. The predicted octanol–water partition coefficient (Wildman–Crippen LogP) is 4.51. The molecule has 6 nitrogen and oxygen atoms in total. The number of halogens is 2. The van der Waals surface area contributed by atoms with Crippen LogP contribution >= 0.6 is 0 Å². The Morgan fingerprint density at radius 3 is 2.28 bits per heavy atom. The van der Waals surface area contributed by atoms with Crippen molar-refractivity contribution in [3.63, 3.8) is 0 Å². The van der Waals surface area contributed by atoms with Gasteiger partial charge in [0.05, 0.1) is 25.3 Å². The predicted molar refractivity (Wildman–Crippen MR) is 116 cm³/mol. The van der Waals surface area contributed by atoms with E-state index in [0.29, 0.717) is 55.6 Å². The van der Waals surface area contributed by atoms with Gasteiger partial charge in [0, 0.05) is 30.8 Å². The van der Waals surface area contributed by atoms with Gasteiger partial charge in [-0.2, -0.15) is 0 Å². The van der Waals surface area contributed by atoms with Crippen LogP contribution in [0.1, 0.15) is 29.3 Å². The highest BCUT2D eigenvalue weighted by atomic mass is 19.1. The van der Waals surface area contributed by atoms with Crippen LogP contribution in [0.5, 0.6) is 0 Å². The minimum atomic E-state index is -0.393. The lowest BCUT2D eigenvalue weighted by Gasteiger charge is -2.28. The highest BCUT2D eigenvalue weighted by Crippen LogP contribution is 2.33. The number of nitrogens with zero attached hydrogens (tertiary/aromatic N) is 3. The lowest BCUT2D eigenvalue weighted by Crippen LogP contribution is -2.37. The Balaban J connectivity index is 1.71. The van der Waals surface area contributed by atoms with Gasteiger partial charge in [-0.05, 0) is 55.0 Å². The number of ether oxygens (including phenoxy) is 1. The normalized spacial score (nSPS) is 13.9. The van der Waals surface area contributed by atoms with Crippen molar-refractivity contribution in [3.8, 4) is 11.3 Å². The van der Waals surface area contributed by atoms with Crippen molar-refractivity contribution >= 4 is 11.8 Å². The molecule has 0 unspecified atom stereocenters. The van der Waals surface area contributed by atoms with Crippen molar-refractivity contribution in [1.82, 2.24) is 10.1 Å². The summed E-state index contributed by atoms with van der Waals surface area (Å²) >= 11 is 0. The molecule has 0 spiro atoms. The second kappa shape index (κ2) is 9.91. The van der Waals surface area contributed by atoms with E-state index in [9.17, 15) is 13.6 Å². The van der Waals surface area contributed by atoms with Crippen molar-refractivity contribution in [2.24, 2.45) is 0 Å². The highest BCUT2D eigenvalue weighted by Gasteiger charge is 2.27. The molecular formula is C24H25F2N3O3. The van der Waals surface area contributed by atoms with Gasteiger partial charge in [0.2, 0.25) is 5.88 Å². The number of morpholine rings is 1. The van der Waals surface area contributed by atoms with E-state index in [-0.39, 0.29) is 18.3 Å². The van der Waals surface area contributed by atoms with E-state index in [0.717, 1.165) is 12.0 Å². The van der Waals surface area contributed by atoms with Crippen molar-refractivity contribution in [3.05, 3.63) is 71.3 Å². The smallest absolute Gasteiger partial charge is 0.254 e. The number of hydrogen-bond donors (Lipinski definition) is 0. The fraction of sp³-hybridized carbons (Fsp3) is 0.333. The number of hydrogen-bond acceptors (Lipinski definition) is 5. The summed E-state index contributed by atoms with van der Waals surface area (Å²) in [5, 5.41) is 4.28. The van der Waals surface area contributed by atoms with Gasteiger partial charge in [-0.15, -0.1) is 0 Å². The van der Waals surface area contributed by atoms with Crippen molar-refractivity contribution in [2.45, 2.75) is 19.9 Å². The van der Waals surface area contributed by atoms with Crippen molar-refractivity contribution < 1.29 is 22.8 Å². The van der Waals surface area contributed by atoms with E-state index >= 15 is 0 Å². The minimum Gasteiger partial charge on any atom is -0.378 e. The summed E-state index contributed by atoms with van der Waals surface area (Å²) < 4.78 is 38.0. The molecule has 0 atom stereocenters. The molecular weight excluding hydrogens is 416 g/mol. The quantitative estimate of drug-likeness (QED) is 0.540. The van der Waals surface area contributed by atoms with Gasteiger partial charge in [0.25, 0.3) is 5.91 Å². The Bertz CT molecular complexity index is 1050. The molecule has 0 bridgehead atoms. The SMILES string of the molecule is CCCN(Cc1c(-c2ccc(F)cc2)noc1N1CCOCC1)C(=O)c1ccc(F)cc1. The molecule has 2 aromatic carbocycles. The first-order valence-electron chi connectivity index (χ1n) is 10.7. The lowest BCUT2D eigenvalue weighted by molar-refractivity contribution is 0.0743. The molecule has 0 radical (unpaired) electrons. The topological polar surface area (TPSA) is 58.8 Å². The van der Waals surface area contributed by atoms with Gasteiger partial charge >= 0.3 is 0 Å². The molecule has 2 heterocycles. The van der Waals surface area contributed by atoms with Crippen LogP contribution in [0.2, 0.25) is 0 Å². The third-order valence-corrected chi connectivity index (χ3v) is 5.40. The Morgan fingerprint density at radius 1 is 1.03 bits per heavy atom. The second-order valence-corrected chi connectivity index (χ2v) is 7.65. The fourth-order valence-corrected chi connectivity index (χ4v) is 3.78. The third-order valence-electron chi connectivity index (χ3n) is 5.40. The average Bonchev–Trinajstić information content (AvgIpc) is 3.23. The highest BCUT2D eigenvalue weighted by molar-refractivity contribution is 5.94. The number of benzene rings is 2.